The predicted molar refractivity (Wildman–Crippen MR) is 70.7 cm³/mol. The standard InChI is InChI=1S/C10H11NO4S3/c1-2-15-9(12)6(3-11)10-16-7-4-18(13,14)5-8(7)17-10/h7-8H,2,4-5H2,1H3. The molecule has 2 heterocycles. The molecule has 0 saturated carbocycles. The number of fused-ring (bicyclic) bond motifs is 1. The van der Waals surface area contributed by atoms with Crippen LogP contribution in [0.25, 0.3) is 0 Å². The number of esters is 1. The number of nitrogens with zero attached hydrogens (tertiary/aromatic N) is 1. The van der Waals surface area contributed by atoms with Gasteiger partial charge in [-0.2, -0.15) is 5.26 Å². The van der Waals surface area contributed by atoms with Gasteiger partial charge >= 0.3 is 5.97 Å². The average molecular weight is 305 g/mol. The van der Waals surface area contributed by atoms with Crippen LogP contribution in [0.5, 0.6) is 0 Å². The number of sulfone groups is 1. The molecule has 0 spiro atoms. The van der Waals surface area contributed by atoms with Crippen LogP contribution in [0.1, 0.15) is 6.92 Å². The quantitative estimate of drug-likeness (QED) is 0.426. The molecular weight excluding hydrogens is 294 g/mol. The van der Waals surface area contributed by atoms with Crippen molar-refractivity contribution in [1.82, 2.24) is 0 Å². The highest BCUT2D eigenvalue weighted by Crippen LogP contribution is 2.52. The van der Waals surface area contributed by atoms with E-state index in [0.29, 0.717) is 4.24 Å². The van der Waals surface area contributed by atoms with E-state index in [2.05, 4.69) is 0 Å². The zero-order chi connectivity index (χ0) is 13.3. The zero-order valence-corrected chi connectivity index (χ0v) is 12.0. The van der Waals surface area contributed by atoms with Gasteiger partial charge in [0.15, 0.2) is 15.4 Å². The molecule has 0 aliphatic carbocycles. The first kappa shape index (κ1) is 13.8. The van der Waals surface area contributed by atoms with Gasteiger partial charge in [-0.25, -0.2) is 13.2 Å². The number of carbonyl (C=O) groups excluding carboxylic acids is 1. The molecule has 2 aliphatic heterocycles. The summed E-state index contributed by atoms with van der Waals surface area (Å²) in [6.45, 7) is 1.89. The van der Waals surface area contributed by atoms with Gasteiger partial charge in [-0.1, -0.05) is 0 Å². The van der Waals surface area contributed by atoms with Crippen LogP contribution in [-0.2, 0) is 19.4 Å². The molecule has 0 radical (unpaired) electrons. The van der Waals surface area contributed by atoms with E-state index in [1.54, 1.807) is 6.92 Å². The summed E-state index contributed by atoms with van der Waals surface area (Å²) < 4.78 is 28.3. The Morgan fingerprint density at radius 2 is 2.00 bits per heavy atom. The molecular formula is C10H11NO4S3. The van der Waals surface area contributed by atoms with Crippen molar-refractivity contribution in [2.45, 2.75) is 17.4 Å². The highest BCUT2D eigenvalue weighted by atomic mass is 32.2. The maximum absolute atomic E-state index is 11.6. The molecule has 2 rings (SSSR count). The summed E-state index contributed by atoms with van der Waals surface area (Å²) in [7, 11) is -2.96. The molecule has 2 saturated heterocycles. The Hall–Kier alpha value is -0.650. The van der Waals surface area contributed by atoms with Crippen LogP contribution in [0.3, 0.4) is 0 Å². The van der Waals surface area contributed by atoms with Crippen molar-refractivity contribution in [1.29, 1.82) is 5.26 Å². The van der Waals surface area contributed by atoms with Crippen molar-refractivity contribution in [3.63, 3.8) is 0 Å². The summed E-state index contributed by atoms with van der Waals surface area (Å²) in [5.41, 5.74) is -0.00125. The molecule has 0 aromatic carbocycles. The number of hydrogen-bond donors (Lipinski definition) is 0. The van der Waals surface area contributed by atoms with Crippen LogP contribution in [0.15, 0.2) is 9.81 Å². The van der Waals surface area contributed by atoms with Gasteiger partial charge in [0.2, 0.25) is 0 Å². The third-order valence-corrected chi connectivity index (χ3v) is 7.90. The van der Waals surface area contributed by atoms with Gasteiger partial charge in [0, 0.05) is 10.5 Å². The fourth-order valence-electron chi connectivity index (χ4n) is 1.80. The van der Waals surface area contributed by atoms with Crippen LogP contribution < -0.4 is 0 Å². The summed E-state index contributed by atoms with van der Waals surface area (Å²) in [5, 5.41) is 8.90. The van der Waals surface area contributed by atoms with Crippen LogP contribution in [0, 0.1) is 11.3 Å². The molecule has 0 aromatic heterocycles. The Labute approximate surface area is 114 Å². The van der Waals surface area contributed by atoms with E-state index in [4.69, 9.17) is 10.00 Å². The number of thioether (sulfide) groups is 2. The maximum atomic E-state index is 11.6. The fraction of sp³-hybridized carbons (Fsp3) is 0.600. The van der Waals surface area contributed by atoms with Crippen molar-refractivity contribution in [3.05, 3.63) is 9.81 Å². The van der Waals surface area contributed by atoms with Crippen LogP contribution in [0.2, 0.25) is 0 Å². The fourth-order valence-corrected chi connectivity index (χ4v) is 8.27. The molecule has 0 N–H and O–H groups in total. The van der Waals surface area contributed by atoms with Crippen LogP contribution >= 0.6 is 23.5 Å². The van der Waals surface area contributed by atoms with Crippen molar-refractivity contribution >= 4 is 39.3 Å². The smallest absolute Gasteiger partial charge is 0.350 e. The first-order valence-corrected chi connectivity index (χ1v) is 8.90. The largest absolute Gasteiger partial charge is 0.462 e. The zero-order valence-electron chi connectivity index (χ0n) is 9.58. The summed E-state index contributed by atoms with van der Waals surface area (Å²) in [5.74, 6) is -0.376. The number of hydrogen-bond acceptors (Lipinski definition) is 7. The minimum Gasteiger partial charge on any atom is -0.462 e. The van der Waals surface area contributed by atoms with E-state index < -0.39 is 15.8 Å². The SMILES string of the molecule is CCOC(=O)C(C#N)=C1SC2CS(=O)(=O)CC2S1. The van der Waals surface area contributed by atoms with Crippen molar-refractivity contribution in [2.24, 2.45) is 0 Å². The predicted octanol–water partition coefficient (Wildman–Crippen LogP) is 0.930. The normalized spacial score (nSPS) is 28.6. The monoisotopic (exact) mass is 305 g/mol. The lowest BCUT2D eigenvalue weighted by Crippen LogP contribution is -2.10. The van der Waals surface area contributed by atoms with Crippen molar-refractivity contribution < 1.29 is 17.9 Å². The molecule has 2 unspecified atom stereocenters. The minimum atomic E-state index is -2.96. The lowest BCUT2D eigenvalue weighted by Gasteiger charge is -2.03. The molecule has 5 nitrogen and oxygen atoms in total. The average Bonchev–Trinajstić information content (AvgIpc) is 2.72. The first-order valence-electron chi connectivity index (χ1n) is 5.32. The second-order valence-corrected chi connectivity index (χ2v) is 8.80. The molecule has 2 fully saturated rings. The second-order valence-electron chi connectivity index (χ2n) is 3.88. The van der Waals surface area contributed by atoms with Gasteiger partial charge in [-0.05, 0) is 6.92 Å². The van der Waals surface area contributed by atoms with Crippen LogP contribution in [-0.4, -0.2) is 43.0 Å². The highest BCUT2D eigenvalue weighted by Gasteiger charge is 2.45. The van der Waals surface area contributed by atoms with E-state index in [1.165, 1.54) is 23.5 Å². The Morgan fingerprint density at radius 3 is 2.44 bits per heavy atom. The molecule has 0 bridgehead atoms. The van der Waals surface area contributed by atoms with E-state index in [-0.39, 0.29) is 34.2 Å². The number of ether oxygens (including phenoxy) is 1. The van der Waals surface area contributed by atoms with Gasteiger partial charge in [-0.15, -0.1) is 23.5 Å². The van der Waals surface area contributed by atoms with Gasteiger partial charge in [-0.3, -0.25) is 0 Å². The molecule has 2 atom stereocenters. The molecule has 0 aromatic rings. The van der Waals surface area contributed by atoms with E-state index in [0.717, 1.165) is 0 Å². The Kier molecular flexibility index (Phi) is 3.94. The Morgan fingerprint density at radius 1 is 1.44 bits per heavy atom. The van der Waals surface area contributed by atoms with Gasteiger partial charge in [0.1, 0.15) is 6.07 Å². The summed E-state index contributed by atoms with van der Waals surface area (Å²) in [6.07, 6.45) is 0. The second kappa shape index (κ2) is 5.15. The van der Waals surface area contributed by atoms with Gasteiger partial charge in [0.25, 0.3) is 0 Å². The Bertz CT molecular complexity index is 524. The summed E-state index contributed by atoms with van der Waals surface area (Å²) in [6, 6.07) is 1.85. The lowest BCUT2D eigenvalue weighted by molar-refractivity contribution is -0.138. The minimum absolute atomic E-state index is 0.00125. The molecule has 8 heteroatoms. The first-order chi connectivity index (χ1) is 8.46. The van der Waals surface area contributed by atoms with Crippen LogP contribution in [0.4, 0.5) is 0 Å². The van der Waals surface area contributed by atoms with Crippen molar-refractivity contribution in [3.8, 4) is 6.07 Å². The summed E-state index contributed by atoms with van der Waals surface area (Å²) in [4.78, 5) is 11.6. The number of nitriles is 1. The molecule has 18 heavy (non-hydrogen) atoms. The van der Waals surface area contributed by atoms with Gasteiger partial charge < -0.3 is 4.74 Å². The third-order valence-electron chi connectivity index (χ3n) is 2.56. The topological polar surface area (TPSA) is 84.2 Å². The lowest BCUT2D eigenvalue weighted by atomic mass is 10.3. The molecule has 98 valence electrons. The third kappa shape index (κ3) is 2.68. The van der Waals surface area contributed by atoms with E-state index in [9.17, 15) is 13.2 Å². The summed E-state index contributed by atoms with van der Waals surface area (Å²) >= 11 is 2.62. The van der Waals surface area contributed by atoms with E-state index >= 15 is 0 Å². The van der Waals surface area contributed by atoms with Gasteiger partial charge in [0.05, 0.1) is 22.3 Å². The maximum Gasteiger partial charge on any atom is 0.350 e. The van der Waals surface area contributed by atoms with E-state index in [1.807, 2.05) is 6.07 Å². The number of rotatable bonds is 2. The highest BCUT2D eigenvalue weighted by molar-refractivity contribution is 8.26. The number of carbonyl (C=O) groups is 1. The molecule has 0 amide bonds. The molecule has 2 aliphatic rings. The Balaban J connectivity index is 2.18. The van der Waals surface area contributed by atoms with Crippen molar-refractivity contribution in [2.75, 3.05) is 18.1 Å².